The molecule has 0 radical (unpaired) electrons. The van der Waals surface area contributed by atoms with Gasteiger partial charge in [0, 0.05) is 18.3 Å². The molecule has 0 saturated heterocycles. The van der Waals surface area contributed by atoms with Crippen LogP contribution in [0.5, 0.6) is 5.75 Å². The summed E-state index contributed by atoms with van der Waals surface area (Å²) in [6.45, 7) is 1.80. The largest absolute Gasteiger partial charge is 0.488 e. The number of aliphatic hydroxyl groups is 1. The van der Waals surface area contributed by atoms with E-state index in [0.717, 1.165) is 0 Å². The summed E-state index contributed by atoms with van der Waals surface area (Å²) in [5, 5.41) is 14.8. The number of rotatable bonds is 4. The molecule has 2 aromatic rings. The first-order chi connectivity index (χ1) is 8.58. The van der Waals surface area contributed by atoms with E-state index in [2.05, 4.69) is 5.10 Å². The zero-order valence-corrected chi connectivity index (χ0v) is 11.0. The van der Waals surface area contributed by atoms with Crippen LogP contribution in [0.4, 0.5) is 0 Å². The molecule has 5 heteroatoms. The average molecular weight is 267 g/mol. The van der Waals surface area contributed by atoms with E-state index in [-0.39, 0.29) is 6.10 Å². The second kappa shape index (κ2) is 5.42. The molecule has 0 aliphatic heterocycles. The first-order valence-corrected chi connectivity index (χ1v) is 6.04. The highest BCUT2D eigenvalue weighted by atomic mass is 35.5. The lowest BCUT2D eigenvalue weighted by Gasteiger charge is -2.20. The van der Waals surface area contributed by atoms with Crippen LogP contribution in [-0.4, -0.2) is 21.0 Å². The Labute approximate surface area is 111 Å². The highest BCUT2D eigenvalue weighted by Crippen LogP contribution is 2.23. The normalized spacial score (nSPS) is 14.2. The summed E-state index contributed by atoms with van der Waals surface area (Å²) in [4.78, 5) is 0. The predicted molar refractivity (Wildman–Crippen MR) is 69.7 cm³/mol. The van der Waals surface area contributed by atoms with Crippen molar-refractivity contribution in [3.05, 3.63) is 47.2 Å². The lowest BCUT2D eigenvalue weighted by atomic mass is 10.1. The van der Waals surface area contributed by atoms with Crippen LogP contribution in [0.25, 0.3) is 0 Å². The van der Waals surface area contributed by atoms with E-state index < -0.39 is 6.10 Å². The Morgan fingerprint density at radius 2 is 2.17 bits per heavy atom. The molecule has 0 aliphatic rings. The number of hydrogen-bond donors (Lipinski definition) is 1. The van der Waals surface area contributed by atoms with E-state index in [1.54, 1.807) is 55.2 Å². The third-order valence-electron chi connectivity index (χ3n) is 2.72. The minimum Gasteiger partial charge on any atom is -0.488 e. The number of ether oxygens (including phenoxy) is 1. The van der Waals surface area contributed by atoms with Crippen molar-refractivity contribution >= 4 is 11.6 Å². The summed E-state index contributed by atoms with van der Waals surface area (Å²) in [5.41, 5.74) is 0.713. The first-order valence-electron chi connectivity index (χ1n) is 5.66. The van der Waals surface area contributed by atoms with Crippen LogP contribution in [0.2, 0.25) is 5.02 Å². The lowest BCUT2D eigenvalue weighted by molar-refractivity contribution is 0.0413. The summed E-state index contributed by atoms with van der Waals surface area (Å²) < 4.78 is 7.29. The molecule has 0 fully saturated rings. The minimum absolute atomic E-state index is 0.390. The zero-order valence-electron chi connectivity index (χ0n) is 10.2. The monoisotopic (exact) mass is 266 g/mol. The van der Waals surface area contributed by atoms with Gasteiger partial charge in [0.15, 0.2) is 0 Å². The van der Waals surface area contributed by atoms with Gasteiger partial charge in [-0.15, -0.1) is 0 Å². The number of aryl methyl sites for hydroxylation is 1. The molecule has 0 spiro atoms. The Morgan fingerprint density at radius 1 is 1.39 bits per heavy atom. The Bertz CT molecular complexity index is 527. The maximum atomic E-state index is 10.2. The van der Waals surface area contributed by atoms with Crippen LogP contribution in [0, 0.1) is 0 Å². The highest BCUT2D eigenvalue weighted by molar-refractivity contribution is 6.30. The van der Waals surface area contributed by atoms with E-state index >= 15 is 0 Å². The quantitative estimate of drug-likeness (QED) is 0.925. The molecule has 2 rings (SSSR count). The molecular weight excluding hydrogens is 252 g/mol. The maximum Gasteiger partial charge on any atom is 0.132 e. The van der Waals surface area contributed by atoms with Crippen LogP contribution in [0.15, 0.2) is 36.5 Å². The van der Waals surface area contributed by atoms with E-state index in [1.807, 2.05) is 0 Å². The van der Waals surface area contributed by atoms with E-state index in [1.165, 1.54) is 0 Å². The molecular formula is C13H15ClN2O2. The van der Waals surface area contributed by atoms with Crippen molar-refractivity contribution in [2.75, 3.05) is 0 Å². The van der Waals surface area contributed by atoms with Gasteiger partial charge in [0.05, 0.1) is 5.69 Å². The molecule has 1 aromatic carbocycles. The van der Waals surface area contributed by atoms with Crippen molar-refractivity contribution in [2.45, 2.75) is 19.1 Å². The number of aliphatic hydroxyl groups excluding tert-OH is 1. The molecule has 0 aliphatic carbocycles. The molecule has 0 bridgehead atoms. The standard InChI is InChI=1S/C13H15ClN2O2/c1-9(13(17)12-6-7-15-16(12)2)18-11-5-3-4-10(14)8-11/h3-9,13,17H,1-2H3. The predicted octanol–water partition coefficient (Wildman–Crippen LogP) is 2.57. The zero-order chi connectivity index (χ0) is 13.1. The van der Waals surface area contributed by atoms with E-state index in [0.29, 0.717) is 16.5 Å². The molecule has 1 aromatic heterocycles. The van der Waals surface area contributed by atoms with Gasteiger partial charge in [-0.1, -0.05) is 17.7 Å². The van der Waals surface area contributed by atoms with Crippen molar-refractivity contribution in [1.29, 1.82) is 0 Å². The van der Waals surface area contributed by atoms with Gasteiger partial charge in [-0.3, -0.25) is 4.68 Å². The van der Waals surface area contributed by atoms with Crippen molar-refractivity contribution in [1.82, 2.24) is 9.78 Å². The first kappa shape index (κ1) is 12.9. The molecule has 0 amide bonds. The fraction of sp³-hybridized carbons (Fsp3) is 0.308. The molecule has 2 unspecified atom stereocenters. The Hall–Kier alpha value is -1.52. The molecule has 96 valence electrons. The second-order valence-corrected chi connectivity index (χ2v) is 4.54. The number of halogens is 1. The van der Waals surface area contributed by atoms with Crippen LogP contribution >= 0.6 is 11.6 Å². The van der Waals surface area contributed by atoms with Crippen LogP contribution < -0.4 is 4.74 Å². The summed E-state index contributed by atoms with van der Waals surface area (Å²) in [7, 11) is 1.78. The van der Waals surface area contributed by atoms with Gasteiger partial charge >= 0.3 is 0 Å². The minimum atomic E-state index is -0.739. The Morgan fingerprint density at radius 3 is 2.78 bits per heavy atom. The van der Waals surface area contributed by atoms with Crippen molar-refractivity contribution in [3.8, 4) is 5.75 Å². The highest BCUT2D eigenvalue weighted by Gasteiger charge is 2.20. The number of nitrogens with zero attached hydrogens (tertiary/aromatic N) is 2. The van der Waals surface area contributed by atoms with Crippen LogP contribution in [0.3, 0.4) is 0 Å². The van der Waals surface area contributed by atoms with Gasteiger partial charge in [0.1, 0.15) is 18.0 Å². The van der Waals surface area contributed by atoms with Gasteiger partial charge in [0.2, 0.25) is 0 Å². The number of benzene rings is 1. The summed E-state index contributed by atoms with van der Waals surface area (Å²) in [6.07, 6.45) is 0.514. The number of aromatic nitrogens is 2. The maximum absolute atomic E-state index is 10.2. The van der Waals surface area contributed by atoms with Gasteiger partial charge in [-0.2, -0.15) is 5.10 Å². The molecule has 4 nitrogen and oxygen atoms in total. The second-order valence-electron chi connectivity index (χ2n) is 4.10. The third kappa shape index (κ3) is 2.83. The van der Waals surface area contributed by atoms with Crippen LogP contribution in [-0.2, 0) is 7.05 Å². The van der Waals surface area contributed by atoms with Crippen molar-refractivity contribution in [3.63, 3.8) is 0 Å². The summed E-state index contributed by atoms with van der Waals surface area (Å²) in [6, 6.07) is 8.87. The van der Waals surface area contributed by atoms with Gasteiger partial charge in [0.25, 0.3) is 0 Å². The summed E-state index contributed by atoms with van der Waals surface area (Å²) in [5.74, 6) is 0.635. The SMILES string of the molecule is CC(Oc1cccc(Cl)c1)C(O)c1ccnn1C. The van der Waals surface area contributed by atoms with Crippen LogP contribution in [0.1, 0.15) is 18.7 Å². The van der Waals surface area contributed by atoms with E-state index in [9.17, 15) is 5.11 Å². The molecule has 1 heterocycles. The smallest absolute Gasteiger partial charge is 0.132 e. The fourth-order valence-electron chi connectivity index (χ4n) is 1.73. The molecule has 2 atom stereocenters. The van der Waals surface area contributed by atoms with Gasteiger partial charge in [-0.05, 0) is 31.2 Å². The molecule has 1 N–H and O–H groups in total. The lowest BCUT2D eigenvalue weighted by Crippen LogP contribution is -2.23. The number of hydrogen-bond acceptors (Lipinski definition) is 3. The van der Waals surface area contributed by atoms with Gasteiger partial charge < -0.3 is 9.84 Å². The van der Waals surface area contributed by atoms with Gasteiger partial charge in [-0.25, -0.2) is 0 Å². The third-order valence-corrected chi connectivity index (χ3v) is 2.96. The van der Waals surface area contributed by atoms with Crippen molar-refractivity contribution in [2.24, 2.45) is 7.05 Å². The topological polar surface area (TPSA) is 47.3 Å². The van der Waals surface area contributed by atoms with E-state index in [4.69, 9.17) is 16.3 Å². The fourth-order valence-corrected chi connectivity index (χ4v) is 1.91. The van der Waals surface area contributed by atoms with Crippen molar-refractivity contribution < 1.29 is 9.84 Å². The average Bonchev–Trinajstić information content (AvgIpc) is 2.74. The summed E-state index contributed by atoms with van der Waals surface area (Å²) >= 11 is 5.88. The Balaban J connectivity index is 2.08. The Kier molecular flexibility index (Phi) is 3.89. The molecule has 18 heavy (non-hydrogen) atoms. The molecule has 0 saturated carbocycles.